The van der Waals surface area contributed by atoms with Crippen LogP contribution in [-0.2, 0) is 14.4 Å². The Kier molecular flexibility index (Phi) is 6.71. The molecule has 0 atom stereocenters. The number of carbonyl (C=O) groups is 4. The van der Waals surface area contributed by atoms with Crippen molar-refractivity contribution in [3.05, 3.63) is 23.8 Å². The van der Waals surface area contributed by atoms with Crippen LogP contribution < -0.4 is 20.3 Å². The van der Waals surface area contributed by atoms with E-state index in [4.69, 9.17) is 4.74 Å². The maximum absolute atomic E-state index is 12.2. The minimum atomic E-state index is -0.253. The summed E-state index contributed by atoms with van der Waals surface area (Å²) in [7, 11) is 0. The lowest BCUT2D eigenvalue weighted by atomic mass is 10.1. The number of rotatable bonds is 8. The van der Waals surface area contributed by atoms with Gasteiger partial charge in [-0.2, -0.15) is 0 Å². The van der Waals surface area contributed by atoms with Crippen LogP contribution in [0.4, 0.5) is 5.69 Å². The van der Waals surface area contributed by atoms with E-state index in [1.54, 1.807) is 18.2 Å². The summed E-state index contributed by atoms with van der Waals surface area (Å²) in [6.07, 6.45) is 0.766. The van der Waals surface area contributed by atoms with E-state index in [1.807, 2.05) is 0 Å². The first-order chi connectivity index (χ1) is 12.4. The van der Waals surface area contributed by atoms with Crippen molar-refractivity contribution in [2.45, 2.75) is 26.7 Å². The lowest BCUT2D eigenvalue weighted by molar-refractivity contribution is -0.122. The molecule has 8 heteroatoms. The molecule has 1 heterocycles. The second-order valence-electron chi connectivity index (χ2n) is 6.01. The molecule has 0 saturated carbocycles. The number of amides is 3. The van der Waals surface area contributed by atoms with Crippen LogP contribution in [-0.4, -0.2) is 49.7 Å². The van der Waals surface area contributed by atoms with Gasteiger partial charge in [0.05, 0.1) is 5.69 Å². The number of fused-ring (bicyclic) bond motifs is 1. The minimum absolute atomic E-state index is 0.0925. The van der Waals surface area contributed by atoms with Crippen LogP contribution in [0.25, 0.3) is 0 Å². The summed E-state index contributed by atoms with van der Waals surface area (Å²) in [5.41, 5.74) is 0.988. The molecule has 1 aromatic rings. The van der Waals surface area contributed by atoms with Gasteiger partial charge in [-0.1, -0.05) is 0 Å². The maximum atomic E-state index is 12.2. The van der Waals surface area contributed by atoms with Gasteiger partial charge in [-0.25, -0.2) is 0 Å². The minimum Gasteiger partial charge on any atom is -0.482 e. The second kappa shape index (κ2) is 8.98. The molecule has 1 aliphatic rings. The molecule has 1 aliphatic heterocycles. The Labute approximate surface area is 151 Å². The van der Waals surface area contributed by atoms with Crippen molar-refractivity contribution in [2.24, 2.45) is 0 Å². The van der Waals surface area contributed by atoms with Crippen LogP contribution in [0.2, 0.25) is 0 Å². The predicted molar refractivity (Wildman–Crippen MR) is 95.2 cm³/mol. The van der Waals surface area contributed by atoms with Crippen LogP contribution in [0.1, 0.15) is 37.0 Å². The van der Waals surface area contributed by atoms with Crippen molar-refractivity contribution in [2.75, 3.05) is 31.1 Å². The predicted octanol–water partition coefficient (Wildman–Crippen LogP) is 0.647. The highest BCUT2D eigenvalue weighted by Gasteiger charge is 2.26. The second-order valence-corrected chi connectivity index (χ2v) is 6.01. The summed E-state index contributed by atoms with van der Waals surface area (Å²) in [5.74, 6) is -0.133. The molecule has 0 radical (unpaired) electrons. The van der Waals surface area contributed by atoms with Gasteiger partial charge < -0.3 is 20.3 Å². The van der Waals surface area contributed by atoms with Crippen molar-refractivity contribution in [3.63, 3.8) is 0 Å². The molecular weight excluding hydrogens is 338 g/mol. The summed E-state index contributed by atoms with van der Waals surface area (Å²) >= 11 is 0. The van der Waals surface area contributed by atoms with Crippen LogP contribution in [0.3, 0.4) is 0 Å². The quantitative estimate of drug-likeness (QED) is 0.522. The third kappa shape index (κ3) is 5.30. The SMILES string of the molecule is CC(=O)NCCCNC(=O)CCN1C(=O)COc2ccc(C(C)=O)cc21. The summed E-state index contributed by atoms with van der Waals surface area (Å²) in [6.45, 7) is 3.94. The Morgan fingerprint density at radius 3 is 2.58 bits per heavy atom. The van der Waals surface area contributed by atoms with E-state index in [2.05, 4.69) is 10.6 Å². The van der Waals surface area contributed by atoms with Crippen LogP contribution >= 0.6 is 0 Å². The fourth-order valence-corrected chi connectivity index (χ4v) is 2.55. The average molecular weight is 361 g/mol. The monoisotopic (exact) mass is 361 g/mol. The largest absolute Gasteiger partial charge is 0.482 e. The molecule has 3 amide bonds. The molecule has 0 aliphatic carbocycles. The van der Waals surface area contributed by atoms with Gasteiger partial charge >= 0.3 is 0 Å². The van der Waals surface area contributed by atoms with E-state index < -0.39 is 0 Å². The zero-order valence-electron chi connectivity index (χ0n) is 15.0. The van der Waals surface area contributed by atoms with Crippen molar-refractivity contribution in [1.29, 1.82) is 0 Å². The lowest BCUT2D eigenvalue weighted by Crippen LogP contribution is -2.41. The molecule has 0 aromatic heterocycles. The smallest absolute Gasteiger partial charge is 0.265 e. The molecule has 26 heavy (non-hydrogen) atoms. The highest BCUT2D eigenvalue weighted by atomic mass is 16.5. The lowest BCUT2D eigenvalue weighted by Gasteiger charge is -2.29. The normalized spacial score (nSPS) is 12.8. The van der Waals surface area contributed by atoms with Crippen molar-refractivity contribution >= 4 is 29.2 Å². The number of ether oxygens (including phenoxy) is 1. The number of benzene rings is 1. The van der Waals surface area contributed by atoms with Gasteiger partial charge in [0.25, 0.3) is 5.91 Å². The van der Waals surface area contributed by atoms with Gasteiger partial charge in [0, 0.05) is 38.5 Å². The molecule has 0 fully saturated rings. The number of nitrogens with zero attached hydrogens (tertiary/aromatic N) is 1. The molecule has 8 nitrogen and oxygen atoms in total. The first-order valence-electron chi connectivity index (χ1n) is 8.47. The summed E-state index contributed by atoms with van der Waals surface area (Å²) < 4.78 is 5.38. The summed E-state index contributed by atoms with van der Waals surface area (Å²) in [6, 6.07) is 4.92. The van der Waals surface area contributed by atoms with E-state index in [0.717, 1.165) is 0 Å². The Bertz CT molecular complexity index is 717. The van der Waals surface area contributed by atoms with Gasteiger partial charge in [0.15, 0.2) is 12.4 Å². The number of nitrogens with one attached hydrogen (secondary N) is 2. The highest BCUT2D eigenvalue weighted by molar-refractivity contribution is 6.01. The molecule has 0 unspecified atom stereocenters. The van der Waals surface area contributed by atoms with Crippen LogP contribution in [0.15, 0.2) is 18.2 Å². The summed E-state index contributed by atoms with van der Waals surface area (Å²) in [4.78, 5) is 47.9. The standard InChI is InChI=1S/C18H23N3O5/c1-12(22)14-4-5-16-15(10-14)21(18(25)11-26-16)9-6-17(24)20-8-3-7-19-13(2)23/h4-5,10H,3,6-9,11H2,1-2H3,(H,19,23)(H,20,24). The number of Topliss-reactive ketones (excluding diaryl/α,β-unsaturated/α-hetero) is 1. The van der Waals surface area contributed by atoms with Crippen molar-refractivity contribution in [3.8, 4) is 5.75 Å². The third-order valence-corrected chi connectivity index (χ3v) is 3.92. The Hall–Kier alpha value is -2.90. The molecular formula is C18H23N3O5. The number of hydrogen-bond acceptors (Lipinski definition) is 5. The fourth-order valence-electron chi connectivity index (χ4n) is 2.55. The van der Waals surface area contributed by atoms with E-state index in [-0.39, 0.29) is 43.1 Å². The average Bonchev–Trinajstić information content (AvgIpc) is 2.59. The first kappa shape index (κ1) is 19.4. The van der Waals surface area contributed by atoms with Gasteiger partial charge in [0.2, 0.25) is 11.8 Å². The van der Waals surface area contributed by atoms with Gasteiger partial charge in [-0.3, -0.25) is 19.2 Å². The van der Waals surface area contributed by atoms with E-state index >= 15 is 0 Å². The Balaban J connectivity index is 1.90. The van der Waals surface area contributed by atoms with Crippen molar-refractivity contribution < 1.29 is 23.9 Å². The number of carbonyl (C=O) groups excluding carboxylic acids is 4. The Morgan fingerprint density at radius 1 is 1.15 bits per heavy atom. The topological polar surface area (TPSA) is 105 Å². The first-order valence-corrected chi connectivity index (χ1v) is 8.47. The van der Waals surface area contributed by atoms with E-state index in [9.17, 15) is 19.2 Å². The van der Waals surface area contributed by atoms with Gasteiger partial charge in [0.1, 0.15) is 5.75 Å². The molecule has 0 spiro atoms. The third-order valence-electron chi connectivity index (χ3n) is 3.92. The molecule has 2 rings (SSSR count). The number of hydrogen-bond donors (Lipinski definition) is 2. The van der Waals surface area contributed by atoms with Gasteiger partial charge in [-0.15, -0.1) is 0 Å². The van der Waals surface area contributed by atoms with Crippen LogP contribution in [0.5, 0.6) is 5.75 Å². The van der Waals surface area contributed by atoms with E-state index in [1.165, 1.54) is 18.7 Å². The highest BCUT2D eigenvalue weighted by Crippen LogP contribution is 2.33. The molecule has 0 bridgehead atoms. The van der Waals surface area contributed by atoms with Crippen molar-refractivity contribution in [1.82, 2.24) is 10.6 Å². The molecule has 2 N–H and O–H groups in total. The van der Waals surface area contributed by atoms with Crippen LogP contribution in [0, 0.1) is 0 Å². The molecule has 140 valence electrons. The molecule has 0 saturated heterocycles. The number of ketones is 1. The zero-order valence-corrected chi connectivity index (χ0v) is 15.0. The Morgan fingerprint density at radius 2 is 1.88 bits per heavy atom. The molecule has 1 aromatic carbocycles. The summed E-state index contributed by atoms with van der Waals surface area (Å²) in [5, 5.41) is 5.40. The zero-order chi connectivity index (χ0) is 19.1. The van der Waals surface area contributed by atoms with E-state index in [0.29, 0.717) is 36.5 Å². The maximum Gasteiger partial charge on any atom is 0.265 e. The number of anilines is 1. The van der Waals surface area contributed by atoms with Gasteiger partial charge in [-0.05, 0) is 31.5 Å². The fraction of sp³-hybridized carbons (Fsp3) is 0.444.